The highest BCUT2D eigenvalue weighted by Crippen LogP contribution is 2.30. The number of carbonyl (C=O) groups excluding carboxylic acids is 2. The van der Waals surface area contributed by atoms with E-state index in [2.05, 4.69) is 11.6 Å². The quantitative estimate of drug-likeness (QED) is 0.513. The number of aromatic nitrogens is 1. The maximum atomic E-state index is 12.0. The average molecular weight is 459 g/mol. The maximum Gasteiger partial charge on any atom is 0.254 e. The number of para-hydroxylation sites is 1. The first-order valence-electron chi connectivity index (χ1n) is 10.9. The number of nitrogens with two attached hydrogens (primary N) is 1. The van der Waals surface area contributed by atoms with Crippen LogP contribution in [0.1, 0.15) is 16.8 Å². The number of ether oxygens (including phenoxy) is 2. The van der Waals surface area contributed by atoms with Gasteiger partial charge >= 0.3 is 0 Å². The summed E-state index contributed by atoms with van der Waals surface area (Å²) in [5, 5.41) is 0. The molecule has 0 spiro atoms. The highest BCUT2D eigenvalue weighted by atomic mass is 16.5. The van der Waals surface area contributed by atoms with Gasteiger partial charge in [-0.25, -0.2) is 0 Å². The van der Waals surface area contributed by atoms with Crippen molar-refractivity contribution < 1.29 is 19.1 Å². The van der Waals surface area contributed by atoms with E-state index in [4.69, 9.17) is 15.2 Å². The number of nitrogens with zero attached hydrogens (tertiary/aromatic N) is 3. The molecule has 4 rings (SSSR count). The van der Waals surface area contributed by atoms with Gasteiger partial charge in [0.15, 0.2) is 0 Å². The molecule has 1 atom stereocenters. The minimum absolute atomic E-state index is 0.0816. The summed E-state index contributed by atoms with van der Waals surface area (Å²) in [6.45, 7) is 4.77. The summed E-state index contributed by atoms with van der Waals surface area (Å²) >= 11 is 0. The molecule has 2 amide bonds. The van der Waals surface area contributed by atoms with Gasteiger partial charge in [-0.05, 0) is 61.0 Å². The van der Waals surface area contributed by atoms with Crippen molar-refractivity contribution in [2.24, 2.45) is 5.73 Å². The van der Waals surface area contributed by atoms with Gasteiger partial charge in [0.2, 0.25) is 11.8 Å². The van der Waals surface area contributed by atoms with Gasteiger partial charge < -0.3 is 25.0 Å². The normalized spacial score (nSPS) is 15.0. The van der Waals surface area contributed by atoms with Gasteiger partial charge in [0.25, 0.3) is 5.91 Å². The molecule has 8 nitrogen and oxygen atoms in total. The predicted octanol–water partition coefficient (Wildman–Crippen LogP) is 3.99. The number of likely N-dealkylation sites (N-methyl/N-ethyl adjacent to an activating group) is 1. The zero-order valence-corrected chi connectivity index (χ0v) is 18.9. The number of primary amides is 1. The fourth-order valence-electron chi connectivity index (χ4n) is 3.78. The summed E-state index contributed by atoms with van der Waals surface area (Å²) in [6, 6.07) is 19.9. The molecule has 34 heavy (non-hydrogen) atoms. The monoisotopic (exact) mass is 458 g/mol. The van der Waals surface area contributed by atoms with Gasteiger partial charge in [-0.2, -0.15) is 4.98 Å². The Hall–Kier alpha value is -4.33. The zero-order chi connectivity index (χ0) is 24.1. The van der Waals surface area contributed by atoms with Crippen LogP contribution >= 0.6 is 0 Å². The van der Waals surface area contributed by atoms with E-state index >= 15 is 0 Å². The third kappa shape index (κ3) is 5.17. The largest absolute Gasteiger partial charge is 0.457 e. The number of benzene rings is 2. The first kappa shape index (κ1) is 22.8. The van der Waals surface area contributed by atoms with Gasteiger partial charge in [0.1, 0.15) is 28.6 Å². The third-order valence-corrected chi connectivity index (χ3v) is 5.69. The lowest BCUT2D eigenvalue weighted by Crippen LogP contribution is -2.36. The fraction of sp³-hybridized carbons (Fsp3) is 0.192. The molecule has 1 aliphatic heterocycles. The number of hydrogen-bond acceptors (Lipinski definition) is 6. The van der Waals surface area contributed by atoms with E-state index in [1.807, 2.05) is 42.3 Å². The molecule has 0 aliphatic carbocycles. The topological polar surface area (TPSA) is 98.0 Å². The Morgan fingerprint density at radius 2 is 1.68 bits per heavy atom. The average Bonchev–Trinajstić information content (AvgIpc) is 3.35. The molecular weight excluding hydrogens is 432 g/mol. The Kier molecular flexibility index (Phi) is 6.77. The van der Waals surface area contributed by atoms with Crippen LogP contribution in [0, 0.1) is 0 Å². The van der Waals surface area contributed by atoms with E-state index in [1.54, 1.807) is 41.3 Å². The van der Waals surface area contributed by atoms with Gasteiger partial charge in [-0.1, -0.05) is 24.8 Å². The lowest BCUT2D eigenvalue weighted by Gasteiger charge is -2.26. The van der Waals surface area contributed by atoms with E-state index in [0.29, 0.717) is 30.4 Å². The van der Waals surface area contributed by atoms with Crippen LogP contribution in [-0.2, 0) is 4.79 Å². The first-order valence-corrected chi connectivity index (χ1v) is 10.9. The summed E-state index contributed by atoms with van der Waals surface area (Å²) in [4.78, 5) is 32.2. The summed E-state index contributed by atoms with van der Waals surface area (Å²) in [5.41, 5.74) is 5.72. The molecule has 1 aromatic heterocycles. The number of anilines is 1. The standard InChI is InChI=1S/C26H26N4O4/c1-3-24(31)30-16-15-18(17-30)29(2)23-14-13-22(25(27)32)26(28-23)34-21-11-9-20(10-12-21)33-19-7-5-4-6-8-19/h3-14,18H,1,15-17H2,2H3,(H2,27,32). The van der Waals surface area contributed by atoms with Crippen molar-refractivity contribution in [1.29, 1.82) is 0 Å². The van der Waals surface area contributed by atoms with Gasteiger partial charge in [-0.3, -0.25) is 9.59 Å². The molecule has 2 heterocycles. The predicted molar refractivity (Wildman–Crippen MR) is 129 cm³/mol. The van der Waals surface area contributed by atoms with Crippen LogP contribution in [0.3, 0.4) is 0 Å². The number of carbonyl (C=O) groups is 2. The lowest BCUT2D eigenvalue weighted by atomic mass is 10.2. The smallest absolute Gasteiger partial charge is 0.254 e. The second-order valence-electron chi connectivity index (χ2n) is 7.92. The second kappa shape index (κ2) is 10.1. The Labute approximate surface area is 198 Å². The van der Waals surface area contributed by atoms with Crippen molar-refractivity contribution in [2.45, 2.75) is 12.5 Å². The lowest BCUT2D eigenvalue weighted by molar-refractivity contribution is -0.125. The molecule has 1 saturated heterocycles. The van der Waals surface area contributed by atoms with Crippen LogP contribution in [-0.4, -0.2) is 47.9 Å². The van der Waals surface area contributed by atoms with Crippen molar-refractivity contribution in [1.82, 2.24) is 9.88 Å². The van der Waals surface area contributed by atoms with E-state index in [0.717, 1.165) is 12.2 Å². The van der Waals surface area contributed by atoms with E-state index in [1.165, 1.54) is 6.08 Å². The SMILES string of the molecule is C=CC(=O)N1CCC(N(C)c2ccc(C(N)=O)c(Oc3ccc(Oc4ccccc4)cc3)n2)C1. The van der Waals surface area contributed by atoms with E-state index < -0.39 is 5.91 Å². The van der Waals surface area contributed by atoms with Crippen LogP contribution in [0.2, 0.25) is 0 Å². The number of hydrogen-bond donors (Lipinski definition) is 1. The molecule has 1 aliphatic rings. The number of amides is 2. The fourth-order valence-corrected chi connectivity index (χ4v) is 3.78. The zero-order valence-electron chi connectivity index (χ0n) is 18.9. The third-order valence-electron chi connectivity index (χ3n) is 5.69. The summed E-state index contributed by atoms with van der Waals surface area (Å²) in [7, 11) is 1.90. The van der Waals surface area contributed by atoms with Gasteiger partial charge in [0, 0.05) is 26.2 Å². The van der Waals surface area contributed by atoms with Crippen molar-refractivity contribution in [2.75, 3.05) is 25.0 Å². The Balaban J connectivity index is 1.51. The molecule has 1 fully saturated rings. The highest BCUT2D eigenvalue weighted by Gasteiger charge is 2.29. The van der Waals surface area contributed by atoms with Crippen LogP contribution < -0.4 is 20.1 Å². The minimum Gasteiger partial charge on any atom is -0.457 e. The summed E-state index contributed by atoms with van der Waals surface area (Å²) < 4.78 is 11.7. The maximum absolute atomic E-state index is 12.0. The van der Waals surface area contributed by atoms with Gasteiger partial charge in [0.05, 0.1) is 0 Å². The molecule has 2 N–H and O–H groups in total. The first-order chi connectivity index (χ1) is 16.4. The summed E-state index contributed by atoms with van der Waals surface area (Å²) in [6.07, 6.45) is 2.12. The molecule has 0 saturated carbocycles. The van der Waals surface area contributed by atoms with Crippen LogP contribution in [0.5, 0.6) is 23.1 Å². The highest BCUT2D eigenvalue weighted by molar-refractivity contribution is 5.95. The molecule has 0 radical (unpaired) electrons. The molecular formula is C26H26N4O4. The van der Waals surface area contributed by atoms with Crippen LogP contribution in [0.4, 0.5) is 5.82 Å². The second-order valence-corrected chi connectivity index (χ2v) is 7.92. The van der Waals surface area contributed by atoms with E-state index in [9.17, 15) is 9.59 Å². The minimum atomic E-state index is -0.635. The van der Waals surface area contributed by atoms with Crippen molar-refractivity contribution in [3.63, 3.8) is 0 Å². The van der Waals surface area contributed by atoms with Gasteiger partial charge in [-0.15, -0.1) is 0 Å². The molecule has 1 unspecified atom stereocenters. The molecule has 8 heteroatoms. The van der Waals surface area contributed by atoms with Crippen molar-refractivity contribution in [3.05, 3.63) is 84.9 Å². The van der Waals surface area contributed by atoms with Crippen LogP contribution in [0.25, 0.3) is 0 Å². The Morgan fingerprint density at radius 1 is 1.03 bits per heavy atom. The van der Waals surface area contributed by atoms with Crippen LogP contribution in [0.15, 0.2) is 79.4 Å². The number of rotatable bonds is 8. The summed E-state index contributed by atoms with van der Waals surface area (Å²) in [5.74, 6) is 1.87. The van der Waals surface area contributed by atoms with E-state index in [-0.39, 0.29) is 23.4 Å². The Morgan fingerprint density at radius 3 is 2.32 bits per heavy atom. The van der Waals surface area contributed by atoms with Crippen molar-refractivity contribution >= 4 is 17.6 Å². The Bertz CT molecular complexity index is 1180. The van der Waals surface area contributed by atoms with Crippen molar-refractivity contribution in [3.8, 4) is 23.1 Å². The molecule has 174 valence electrons. The number of likely N-dealkylation sites (tertiary alicyclic amines) is 1. The molecule has 3 aromatic rings. The number of pyridine rings is 1. The molecule has 0 bridgehead atoms. The molecule has 2 aromatic carbocycles.